The van der Waals surface area contributed by atoms with Gasteiger partial charge in [-0.05, 0) is 32.0 Å². The number of aliphatic carboxylic acids is 1. The maximum Gasteiger partial charge on any atom is 0.333 e. The molecule has 11 heteroatoms. The Morgan fingerprint density at radius 3 is 2.57 bits per heavy atom. The fourth-order valence-corrected chi connectivity index (χ4v) is 3.82. The summed E-state index contributed by atoms with van der Waals surface area (Å²) in [5.41, 5.74) is 0.892. The number of carbonyl (C=O) groups is 1. The quantitative estimate of drug-likeness (QED) is 0.524. The normalized spacial score (nSPS) is 11.5. The maximum absolute atomic E-state index is 13.1. The number of carboxylic acid groups (broad SMARTS) is 1. The highest BCUT2D eigenvalue weighted by atomic mass is 35.5. The Kier molecular flexibility index (Phi) is 4.46. The molecule has 1 N–H and O–H groups in total. The van der Waals surface area contributed by atoms with Crippen LogP contribution in [0, 0.1) is 13.8 Å². The first-order valence-corrected chi connectivity index (χ1v) is 9.30. The van der Waals surface area contributed by atoms with Gasteiger partial charge in [0.2, 0.25) is 5.78 Å². The van der Waals surface area contributed by atoms with E-state index in [0.29, 0.717) is 32.5 Å². The van der Waals surface area contributed by atoms with Crippen LogP contribution in [0.15, 0.2) is 27.8 Å². The van der Waals surface area contributed by atoms with Crippen molar-refractivity contribution in [2.75, 3.05) is 7.11 Å². The monoisotopic (exact) mass is 431 g/mol. The van der Waals surface area contributed by atoms with Crippen LogP contribution in [-0.4, -0.2) is 41.3 Å². The molecule has 0 saturated heterocycles. The van der Waals surface area contributed by atoms with Crippen LogP contribution >= 0.6 is 11.6 Å². The molecule has 156 valence electrons. The SMILES string of the molecule is COc1ccc(Cl)cc1-n1c(C)c(C)n2c3c(=O)n(CC(=O)O)c(=O)n(C)c3nc12. The number of benzene rings is 1. The van der Waals surface area contributed by atoms with Gasteiger partial charge in [-0.15, -0.1) is 0 Å². The Morgan fingerprint density at radius 2 is 1.93 bits per heavy atom. The summed E-state index contributed by atoms with van der Waals surface area (Å²) in [7, 11) is 2.98. The molecule has 0 fully saturated rings. The van der Waals surface area contributed by atoms with E-state index in [2.05, 4.69) is 4.98 Å². The van der Waals surface area contributed by atoms with Crippen LogP contribution in [0.4, 0.5) is 0 Å². The Morgan fingerprint density at radius 1 is 1.23 bits per heavy atom. The number of imidazole rings is 2. The minimum atomic E-state index is -1.29. The molecule has 1 aromatic carbocycles. The second kappa shape index (κ2) is 6.77. The third-order valence-electron chi connectivity index (χ3n) is 5.19. The molecule has 10 nitrogen and oxygen atoms in total. The van der Waals surface area contributed by atoms with Crippen LogP contribution in [-0.2, 0) is 18.4 Å². The maximum atomic E-state index is 13.1. The molecule has 3 heterocycles. The predicted octanol–water partition coefficient (Wildman–Crippen LogP) is 1.50. The Balaban J connectivity index is 2.21. The minimum absolute atomic E-state index is 0.119. The van der Waals surface area contributed by atoms with Crippen molar-refractivity contribution in [1.29, 1.82) is 0 Å². The highest BCUT2D eigenvalue weighted by Gasteiger charge is 2.25. The number of ether oxygens (including phenoxy) is 1. The lowest BCUT2D eigenvalue weighted by atomic mass is 10.2. The lowest BCUT2D eigenvalue weighted by Crippen LogP contribution is -2.41. The molecule has 30 heavy (non-hydrogen) atoms. The molecule has 4 aromatic rings. The van der Waals surface area contributed by atoms with Crippen LogP contribution in [0.2, 0.25) is 5.02 Å². The van der Waals surface area contributed by atoms with E-state index in [1.54, 1.807) is 27.2 Å². The molecular weight excluding hydrogens is 414 g/mol. The summed E-state index contributed by atoms with van der Waals surface area (Å²) in [6.45, 7) is 2.92. The minimum Gasteiger partial charge on any atom is -0.495 e. The molecule has 0 unspecified atom stereocenters. The summed E-state index contributed by atoms with van der Waals surface area (Å²) in [5, 5.41) is 9.61. The summed E-state index contributed by atoms with van der Waals surface area (Å²) in [5.74, 6) is -0.367. The molecule has 0 aliphatic carbocycles. The van der Waals surface area contributed by atoms with Gasteiger partial charge in [-0.3, -0.25) is 23.1 Å². The van der Waals surface area contributed by atoms with Gasteiger partial charge < -0.3 is 9.84 Å². The topological polar surface area (TPSA) is 113 Å². The van der Waals surface area contributed by atoms with Crippen LogP contribution in [0.1, 0.15) is 11.4 Å². The standard InChI is InChI=1S/C19H18ClN5O5/c1-9-10(2)25-15-16(22(3)19(29)23(17(15)28)8-14(26)27)21-18(25)24(9)12-7-11(20)5-6-13(12)30-4/h5-7H,8H2,1-4H3,(H,26,27). The summed E-state index contributed by atoms with van der Waals surface area (Å²) < 4.78 is 10.7. The van der Waals surface area contributed by atoms with Gasteiger partial charge in [0.15, 0.2) is 11.2 Å². The highest BCUT2D eigenvalue weighted by molar-refractivity contribution is 6.30. The average Bonchev–Trinajstić information content (AvgIpc) is 3.19. The number of nitrogens with zero attached hydrogens (tertiary/aromatic N) is 5. The smallest absolute Gasteiger partial charge is 0.333 e. The number of aromatic nitrogens is 5. The number of rotatable bonds is 4. The third kappa shape index (κ3) is 2.64. The van der Waals surface area contributed by atoms with Gasteiger partial charge >= 0.3 is 11.7 Å². The van der Waals surface area contributed by atoms with E-state index in [9.17, 15) is 14.4 Å². The summed E-state index contributed by atoms with van der Waals surface area (Å²) in [6.07, 6.45) is 0. The van der Waals surface area contributed by atoms with Crippen molar-refractivity contribution in [2.24, 2.45) is 7.05 Å². The van der Waals surface area contributed by atoms with Gasteiger partial charge in [-0.1, -0.05) is 11.6 Å². The van der Waals surface area contributed by atoms with Gasteiger partial charge in [0.05, 0.1) is 12.8 Å². The van der Waals surface area contributed by atoms with Crippen LogP contribution < -0.4 is 16.0 Å². The molecule has 4 rings (SSSR count). The molecule has 0 saturated carbocycles. The van der Waals surface area contributed by atoms with Gasteiger partial charge in [-0.2, -0.15) is 4.98 Å². The fourth-order valence-electron chi connectivity index (χ4n) is 3.65. The van der Waals surface area contributed by atoms with Crippen molar-refractivity contribution in [3.8, 4) is 11.4 Å². The van der Waals surface area contributed by atoms with E-state index >= 15 is 0 Å². The van der Waals surface area contributed by atoms with Crippen molar-refractivity contribution in [1.82, 2.24) is 23.1 Å². The van der Waals surface area contributed by atoms with Crippen molar-refractivity contribution in [3.63, 3.8) is 0 Å². The number of aryl methyl sites for hydroxylation is 2. The van der Waals surface area contributed by atoms with E-state index in [4.69, 9.17) is 21.4 Å². The van der Waals surface area contributed by atoms with Crippen molar-refractivity contribution in [2.45, 2.75) is 20.4 Å². The number of fused-ring (bicyclic) bond motifs is 3. The zero-order valence-electron chi connectivity index (χ0n) is 16.6. The van der Waals surface area contributed by atoms with Gasteiger partial charge in [0, 0.05) is 23.5 Å². The molecule has 0 aliphatic rings. The first kappa shape index (κ1) is 19.8. The third-order valence-corrected chi connectivity index (χ3v) is 5.43. The molecule has 0 amide bonds. The van der Waals surface area contributed by atoms with Gasteiger partial charge in [-0.25, -0.2) is 9.36 Å². The van der Waals surface area contributed by atoms with Crippen LogP contribution in [0.3, 0.4) is 0 Å². The van der Waals surface area contributed by atoms with E-state index in [0.717, 1.165) is 5.69 Å². The van der Waals surface area contributed by atoms with Crippen molar-refractivity contribution >= 4 is 34.5 Å². The first-order chi connectivity index (χ1) is 14.2. The summed E-state index contributed by atoms with van der Waals surface area (Å²) >= 11 is 6.20. The lowest BCUT2D eigenvalue weighted by molar-refractivity contribution is -0.137. The zero-order chi connectivity index (χ0) is 21.9. The Labute approximate surface area is 174 Å². The second-order valence-corrected chi connectivity index (χ2v) is 7.30. The lowest BCUT2D eigenvalue weighted by Gasteiger charge is -2.12. The van der Waals surface area contributed by atoms with Crippen molar-refractivity contribution in [3.05, 3.63) is 55.4 Å². The average molecular weight is 432 g/mol. The van der Waals surface area contributed by atoms with E-state index in [1.165, 1.54) is 18.7 Å². The van der Waals surface area contributed by atoms with Gasteiger partial charge in [0.25, 0.3) is 5.56 Å². The Hall–Kier alpha value is -3.53. The number of halogens is 1. The first-order valence-electron chi connectivity index (χ1n) is 8.93. The second-order valence-electron chi connectivity index (χ2n) is 6.87. The largest absolute Gasteiger partial charge is 0.495 e. The van der Waals surface area contributed by atoms with E-state index in [-0.39, 0.29) is 11.2 Å². The van der Waals surface area contributed by atoms with E-state index in [1.807, 2.05) is 13.8 Å². The van der Waals surface area contributed by atoms with Gasteiger partial charge in [0.1, 0.15) is 12.3 Å². The summed E-state index contributed by atoms with van der Waals surface area (Å²) in [6, 6.07) is 5.14. The van der Waals surface area contributed by atoms with Crippen LogP contribution in [0.5, 0.6) is 5.75 Å². The molecule has 0 atom stereocenters. The zero-order valence-corrected chi connectivity index (χ0v) is 17.4. The number of hydrogen-bond donors (Lipinski definition) is 1. The molecule has 0 radical (unpaired) electrons. The molecule has 0 aliphatic heterocycles. The number of carboxylic acids is 1. The van der Waals surface area contributed by atoms with Crippen molar-refractivity contribution < 1.29 is 14.6 Å². The predicted molar refractivity (Wildman–Crippen MR) is 110 cm³/mol. The molecule has 3 aromatic heterocycles. The molecular formula is C19H18ClN5O5. The van der Waals surface area contributed by atoms with E-state index < -0.39 is 23.8 Å². The Bertz CT molecular complexity index is 1470. The van der Waals surface area contributed by atoms with Crippen LogP contribution in [0.25, 0.3) is 22.6 Å². The number of methoxy groups -OCH3 is 1. The molecule has 0 bridgehead atoms. The summed E-state index contributed by atoms with van der Waals surface area (Å²) in [4.78, 5) is 41.4. The number of hydrogen-bond acceptors (Lipinski definition) is 5. The fraction of sp³-hybridized carbons (Fsp3) is 0.263. The molecule has 0 spiro atoms. The highest BCUT2D eigenvalue weighted by Crippen LogP contribution is 2.31.